The van der Waals surface area contributed by atoms with Gasteiger partial charge in [0, 0.05) is 45.2 Å². The summed E-state index contributed by atoms with van der Waals surface area (Å²) in [6.45, 7) is 11.7. The Morgan fingerprint density at radius 2 is 1.67 bits per heavy atom. The summed E-state index contributed by atoms with van der Waals surface area (Å²) in [6, 6.07) is 8.79. The predicted octanol–water partition coefficient (Wildman–Crippen LogP) is 1.96. The molecule has 0 bridgehead atoms. The maximum atomic E-state index is 12.4. The third-order valence-electron chi connectivity index (χ3n) is 6.03. The SMILES string of the molecule is Cc1ccc(CN2CCC(C(=O)NCCCN3CCN(C)CC3)CC2)cc1. The van der Waals surface area contributed by atoms with Gasteiger partial charge in [0.15, 0.2) is 0 Å². The summed E-state index contributed by atoms with van der Waals surface area (Å²) < 4.78 is 0. The molecule has 1 aromatic carbocycles. The van der Waals surface area contributed by atoms with Gasteiger partial charge in [0.25, 0.3) is 0 Å². The zero-order chi connectivity index (χ0) is 19.1. The zero-order valence-corrected chi connectivity index (χ0v) is 17.1. The lowest BCUT2D eigenvalue weighted by Crippen LogP contribution is -2.45. The van der Waals surface area contributed by atoms with Crippen molar-refractivity contribution < 1.29 is 4.79 Å². The average Bonchev–Trinajstić information content (AvgIpc) is 2.69. The third-order valence-corrected chi connectivity index (χ3v) is 6.03. The Morgan fingerprint density at radius 1 is 1.00 bits per heavy atom. The first-order chi connectivity index (χ1) is 13.1. The number of likely N-dealkylation sites (N-methyl/N-ethyl adjacent to an activating group) is 1. The van der Waals surface area contributed by atoms with Gasteiger partial charge in [-0.3, -0.25) is 9.69 Å². The minimum absolute atomic E-state index is 0.197. The van der Waals surface area contributed by atoms with Gasteiger partial charge in [-0.25, -0.2) is 0 Å². The Kier molecular flexibility index (Phi) is 7.68. The monoisotopic (exact) mass is 372 g/mol. The molecule has 0 radical (unpaired) electrons. The summed E-state index contributed by atoms with van der Waals surface area (Å²) in [5, 5.41) is 3.18. The van der Waals surface area contributed by atoms with E-state index < -0.39 is 0 Å². The molecule has 2 heterocycles. The molecule has 1 amide bonds. The van der Waals surface area contributed by atoms with Gasteiger partial charge < -0.3 is 15.1 Å². The number of hydrogen-bond donors (Lipinski definition) is 1. The first-order valence-corrected chi connectivity index (χ1v) is 10.6. The molecule has 0 atom stereocenters. The standard InChI is InChI=1S/C22H36N4O/c1-19-4-6-20(7-5-19)18-26-12-8-21(9-13-26)22(27)23-10-3-11-25-16-14-24(2)15-17-25/h4-7,21H,3,8-18H2,1-2H3,(H,23,27). The Morgan fingerprint density at radius 3 is 2.33 bits per heavy atom. The van der Waals surface area contributed by atoms with E-state index in [2.05, 4.69) is 58.3 Å². The fourth-order valence-electron chi connectivity index (χ4n) is 4.04. The average molecular weight is 373 g/mol. The third kappa shape index (κ3) is 6.59. The van der Waals surface area contributed by atoms with Crippen LogP contribution in [0.4, 0.5) is 0 Å². The molecule has 1 N–H and O–H groups in total. The van der Waals surface area contributed by atoms with Gasteiger partial charge in [0.1, 0.15) is 0 Å². The number of hydrogen-bond acceptors (Lipinski definition) is 4. The number of carbonyl (C=O) groups is 1. The summed E-state index contributed by atoms with van der Waals surface area (Å²) in [6.07, 6.45) is 3.02. The van der Waals surface area contributed by atoms with Crippen LogP contribution in [0.25, 0.3) is 0 Å². The summed E-state index contributed by atoms with van der Waals surface area (Å²) in [7, 11) is 2.18. The minimum Gasteiger partial charge on any atom is -0.356 e. The van der Waals surface area contributed by atoms with Gasteiger partial charge in [-0.2, -0.15) is 0 Å². The number of rotatable bonds is 7. The van der Waals surface area contributed by atoms with Crippen molar-refractivity contribution in [2.75, 3.05) is 59.4 Å². The van der Waals surface area contributed by atoms with Crippen LogP contribution in [0.15, 0.2) is 24.3 Å². The second kappa shape index (κ2) is 10.2. The van der Waals surface area contributed by atoms with Gasteiger partial charge in [-0.05, 0) is 58.4 Å². The summed E-state index contributed by atoms with van der Waals surface area (Å²) in [4.78, 5) is 19.8. The number of piperazine rings is 1. The lowest BCUT2D eigenvalue weighted by Gasteiger charge is -2.32. The van der Waals surface area contributed by atoms with E-state index in [4.69, 9.17) is 0 Å². The molecule has 2 aliphatic rings. The van der Waals surface area contributed by atoms with E-state index in [1.807, 2.05) is 0 Å². The second-order valence-electron chi connectivity index (χ2n) is 8.33. The van der Waals surface area contributed by atoms with Crippen LogP contribution in [-0.4, -0.2) is 80.0 Å². The molecule has 2 saturated heterocycles. The number of amides is 1. The van der Waals surface area contributed by atoms with Crippen molar-refractivity contribution in [3.05, 3.63) is 35.4 Å². The molecule has 0 spiro atoms. The molecule has 5 nitrogen and oxygen atoms in total. The van der Waals surface area contributed by atoms with E-state index in [1.165, 1.54) is 11.1 Å². The molecule has 27 heavy (non-hydrogen) atoms. The summed E-state index contributed by atoms with van der Waals surface area (Å²) >= 11 is 0. The van der Waals surface area contributed by atoms with E-state index in [9.17, 15) is 4.79 Å². The number of aryl methyl sites for hydroxylation is 1. The number of carbonyl (C=O) groups excluding carboxylic acids is 1. The van der Waals surface area contributed by atoms with E-state index >= 15 is 0 Å². The van der Waals surface area contributed by atoms with E-state index in [-0.39, 0.29) is 11.8 Å². The summed E-state index contributed by atoms with van der Waals surface area (Å²) in [5.74, 6) is 0.464. The highest BCUT2D eigenvalue weighted by molar-refractivity contribution is 5.78. The Hall–Kier alpha value is -1.43. The molecule has 2 aliphatic heterocycles. The van der Waals surface area contributed by atoms with Crippen LogP contribution in [0.2, 0.25) is 0 Å². The summed E-state index contributed by atoms with van der Waals surface area (Å²) in [5.41, 5.74) is 2.68. The molecule has 5 heteroatoms. The molecule has 0 unspecified atom stereocenters. The highest BCUT2D eigenvalue weighted by Crippen LogP contribution is 2.19. The fraction of sp³-hybridized carbons (Fsp3) is 0.682. The van der Waals surface area contributed by atoms with Crippen LogP contribution < -0.4 is 5.32 Å². The van der Waals surface area contributed by atoms with Crippen LogP contribution in [0.1, 0.15) is 30.4 Å². The van der Waals surface area contributed by atoms with Crippen LogP contribution >= 0.6 is 0 Å². The van der Waals surface area contributed by atoms with Gasteiger partial charge in [-0.1, -0.05) is 29.8 Å². The Bertz CT molecular complexity index is 572. The van der Waals surface area contributed by atoms with Gasteiger partial charge in [-0.15, -0.1) is 0 Å². The van der Waals surface area contributed by atoms with Crippen LogP contribution in [0.5, 0.6) is 0 Å². The molecular weight excluding hydrogens is 336 g/mol. The molecule has 1 aromatic rings. The van der Waals surface area contributed by atoms with E-state index in [0.717, 1.165) is 78.2 Å². The molecule has 0 aromatic heterocycles. The van der Waals surface area contributed by atoms with Crippen molar-refractivity contribution in [1.29, 1.82) is 0 Å². The maximum absolute atomic E-state index is 12.4. The van der Waals surface area contributed by atoms with Crippen molar-refractivity contribution in [1.82, 2.24) is 20.0 Å². The van der Waals surface area contributed by atoms with Crippen LogP contribution in [-0.2, 0) is 11.3 Å². The van der Waals surface area contributed by atoms with Crippen molar-refractivity contribution in [2.45, 2.75) is 32.7 Å². The first kappa shape index (κ1) is 20.3. The zero-order valence-electron chi connectivity index (χ0n) is 17.1. The topological polar surface area (TPSA) is 38.8 Å². The van der Waals surface area contributed by atoms with Gasteiger partial charge in [0.05, 0.1) is 0 Å². The second-order valence-corrected chi connectivity index (χ2v) is 8.33. The lowest BCUT2D eigenvalue weighted by molar-refractivity contribution is -0.126. The quantitative estimate of drug-likeness (QED) is 0.743. The largest absolute Gasteiger partial charge is 0.356 e. The molecule has 150 valence electrons. The first-order valence-electron chi connectivity index (χ1n) is 10.6. The number of nitrogens with one attached hydrogen (secondary N) is 1. The number of likely N-dealkylation sites (tertiary alicyclic amines) is 1. The van der Waals surface area contributed by atoms with Crippen molar-refractivity contribution in [3.8, 4) is 0 Å². The van der Waals surface area contributed by atoms with Crippen molar-refractivity contribution in [2.24, 2.45) is 5.92 Å². The number of nitrogens with zero attached hydrogens (tertiary/aromatic N) is 3. The van der Waals surface area contributed by atoms with Crippen molar-refractivity contribution >= 4 is 5.91 Å². The molecule has 0 aliphatic carbocycles. The van der Waals surface area contributed by atoms with Gasteiger partial charge in [0.2, 0.25) is 5.91 Å². The highest BCUT2D eigenvalue weighted by Gasteiger charge is 2.24. The molecule has 3 rings (SSSR count). The Labute approximate surface area is 164 Å². The smallest absolute Gasteiger partial charge is 0.223 e. The Balaban J connectivity index is 1.28. The molecular formula is C22H36N4O. The van der Waals surface area contributed by atoms with Crippen LogP contribution in [0, 0.1) is 12.8 Å². The predicted molar refractivity (Wildman–Crippen MR) is 111 cm³/mol. The number of piperidine rings is 1. The minimum atomic E-state index is 0.197. The fourth-order valence-corrected chi connectivity index (χ4v) is 4.04. The lowest BCUT2D eigenvalue weighted by atomic mass is 9.95. The molecule has 0 saturated carbocycles. The van der Waals surface area contributed by atoms with E-state index in [0.29, 0.717) is 0 Å². The molecule has 2 fully saturated rings. The van der Waals surface area contributed by atoms with Gasteiger partial charge >= 0.3 is 0 Å². The van der Waals surface area contributed by atoms with E-state index in [1.54, 1.807) is 0 Å². The van der Waals surface area contributed by atoms with Crippen LogP contribution in [0.3, 0.4) is 0 Å². The normalized spacial score (nSPS) is 20.7. The van der Waals surface area contributed by atoms with Crippen molar-refractivity contribution in [3.63, 3.8) is 0 Å². The highest BCUT2D eigenvalue weighted by atomic mass is 16.1. The maximum Gasteiger partial charge on any atom is 0.223 e. The number of benzene rings is 1.